The lowest BCUT2D eigenvalue weighted by molar-refractivity contribution is -0.384. The Morgan fingerprint density at radius 2 is 2.05 bits per heavy atom. The van der Waals surface area contributed by atoms with Crippen LogP contribution in [0.25, 0.3) is 11.5 Å². The molecule has 2 aromatic rings. The van der Waals surface area contributed by atoms with Crippen molar-refractivity contribution < 1.29 is 9.45 Å². The van der Waals surface area contributed by atoms with Gasteiger partial charge in [-0.25, -0.2) is 0 Å². The molecule has 0 aliphatic heterocycles. The lowest BCUT2D eigenvalue weighted by Crippen LogP contribution is -2.24. The van der Waals surface area contributed by atoms with Crippen molar-refractivity contribution in [3.05, 3.63) is 40.2 Å². The minimum absolute atomic E-state index is 0. The van der Waals surface area contributed by atoms with Crippen LogP contribution in [0.1, 0.15) is 12.7 Å². The molecule has 0 bridgehead atoms. The van der Waals surface area contributed by atoms with Gasteiger partial charge in [0.05, 0.1) is 4.92 Å². The molecule has 0 saturated carbocycles. The SMILES string of the molecule is CNC(C)Cc1noc(-c2ccc([N+](=O)[O-])cc2)n1.Cl. The Bertz CT molecular complexity index is 570. The van der Waals surface area contributed by atoms with Crippen LogP contribution in [-0.2, 0) is 6.42 Å². The number of likely N-dealkylation sites (N-methyl/N-ethyl adjacent to an activating group) is 1. The third-order valence-corrected chi connectivity index (χ3v) is 2.77. The van der Waals surface area contributed by atoms with E-state index in [1.54, 1.807) is 12.1 Å². The van der Waals surface area contributed by atoms with E-state index in [4.69, 9.17) is 4.52 Å². The van der Waals surface area contributed by atoms with Crippen LogP contribution in [-0.4, -0.2) is 28.2 Å². The summed E-state index contributed by atoms with van der Waals surface area (Å²) >= 11 is 0. The fourth-order valence-corrected chi connectivity index (χ4v) is 1.56. The van der Waals surface area contributed by atoms with Gasteiger partial charge >= 0.3 is 0 Å². The summed E-state index contributed by atoms with van der Waals surface area (Å²) in [5, 5.41) is 17.5. The summed E-state index contributed by atoms with van der Waals surface area (Å²) in [6, 6.07) is 6.26. The quantitative estimate of drug-likeness (QED) is 0.672. The van der Waals surface area contributed by atoms with Crippen LogP contribution in [0, 0.1) is 10.1 Å². The van der Waals surface area contributed by atoms with Gasteiger partial charge in [0.15, 0.2) is 5.82 Å². The van der Waals surface area contributed by atoms with Gasteiger partial charge in [0.25, 0.3) is 11.6 Å². The number of benzene rings is 1. The van der Waals surface area contributed by atoms with Crippen LogP contribution in [0.3, 0.4) is 0 Å². The van der Waals surface area contributed by atoms with Gasteiger partial charge in [-0.1, -0.05) is 5.16 Å². The molecule has 0 saturated heterocycles. The second kappa shape index (κ2) is 6.97. The van der Waals surface area contributed by atoms with Gasteiger partial charge in [0.1, 0.15) is 0 Å². The summed E-state index contributed by atoms with van der Waals surface area (Å²) in [4.78, 5) is 14.4. The van der Waals surface area contributed by atoms with E-state index in [1.165, 1.54) is 12.1 Å². The number of hydrogen-bond donors (Lipinski definition) is 1. The third kappa shape index (κ3) is 3.75. The van der Waals surface area contributed by atoms with E-state index in [2.05, 4.69) is 15.5 Å². The van der Waals surface area contributed by atoms with Crippen molar-refractivity contribution in [2.75, 3.05) is 7.05 Å². The number of nitrogens with one attached hydrogen (secondary N) is 1. The minimum atomic E-state index is -0.447. The Morgan fingerprint density at radius 1 is 1.40 bits per heavy atom. The fraction of sp³-hybridized carbons (Fsp3) is 0.333. The Hall–Kier alpha value is -1.99. The number of hydrogen-bond acceptors (Lipinski definition) is 6. The first-order valence-corrected chi connectivity index (χ1v) is 5.85. The molecule has 0 radical (unpaired) electrons. The number of nitro benzene ring substituents is 1. The van der Waals surface area contributed by atoms with E-state index in [9.17, 15) is 10.1 Å². The molecule has 0 fully saturated rings. The molecule has 0 aliphatic rings. The van der Waals surface area contributed by atoms with Gasteiger partial charge in [-0.15, -0.1) is 12.4 Å². The summed E-state index contributed by atoms with van der Waals surface area (Å²) in [6.45, 7) is 2.02. The number of nitrogens with zero attached hydrogens (tertiary/aromatic N) is 3. The van der Waals surface area contributed by atoms with E-state index in [0.29, 0.717) is 23.7 Å². The topological polar surface area (TPSA) is 94.1 Å². The first kappa shape index (κ1) is 16.1. The van der Waals surface area contributed by atoms with Crippen LogP contribution >= 0.6 is 12.4 Å². The second-order valence-corrected chi connectivity index (χ2v) is 4.21. The van der Waals surface area contributed by atoms with Crippen LogP contribution in [0.5, 0.6) is 0 Å². The van der Waals surface area contributed by atoms with E-state index in [1.807, 2.05) is 14.0 Å². The standard InChI is InChI=1S/C12H14N4O3.ClH/c1-8(13-2)7-11-14-12(19-15-11)9-3-5-10(6-4-9)16(17)18;/h3-6,8,13H,7H2,1-2H3;1H. The van der Waals surface area contributed by atoms with Crippen molar-refractivity contribution >= 4 is 18.1 Å². The zero-order chi connectivity index (χ0) is 13.8. The van der Waals surface area contributed by atoms with Gasteiger partial charge in [-0.2, -0.15) is 4.98 Å². The van der Waals surface area contributed by atoms with Crippen LogP contribution in [0.15, 0.2) is 28.8 Å². The third-order valence-electron chi connectivity index (χ3n) is 2.77. The molecule has 1 unspecified atom stereocenters. The van der Waals surface area contributed by atoms with Gasteiger partial charge < -0.3 is 9.84 Å². The Kier molecular flexibility index (Phi) is 5.60. The lowest BCUT2D eigenvalue weighted by Gasteiger charge is -2.04. The highest BCUT2D eigenvalue weighted by Gasteiger charge is 2.12. The highest BCUT2D eigenvalue weighted by Crippen LogP contribution is 2.20. The largest absolute Gasteiger partial charge is 0.334 e. The fourth-order valence-electron chi connectivity index (χ4n) is 1.56. The number of nitro groups is 1. The molecule has 2 rings (SSSR count). The normalized spacial score (nSPS) is 11.7. The van der Waals surface area contributed by atoms with Crippen molar-refractivity contribution in [1.82, 2.24) is 15.5 Å². The molecular formula is C12H15ClN4O3. The van der Waals surface area contributed by atoms with E-state index in [-0.39, 0.29) is 24.1 Å². The zero-order valence-electron chi connectivity index (χ0n) is 11.1. The Morgan fingerprint density at radius 3 is 2.60 bits per heavy atom. The maximum atomic E-state index is 10.6. The molecule has 1 N–H and O–H groups in total. The van der Waals surface area contributed by atoms with Crippen molar-refractivity contribution in [3.63, 3.8) is 0 Å². The molecule has 1 aromatic heterocycles. The van der Waals surface area contributed by atoms with Crippen molar-refractivity contribution in [2.45, 2.75) is 19.4 Å². The molecule has 108 valence electrons. The first-order valence-electron chi connectivity index (χ1n) is 5.85. The molecule has 8 heteroatoms. The minimum Gasteiger partial charge on any atom is -0.334 e. The molecule has 7 nitrogen and oxygen atoms in total. The lowest BCUT2D eigenvalue weighted by atomic mass is 10.2. The molecule has 1 heterocycles. The number of halogens is 1. The van der Waals surface area contributed by atoms with Gasteiger partial charge in [-0.3, -0.25) is 10.1 Å². The monoisotopic (exact) mass is 298 g/mol. The molecule has 1 aromatic carbocycles. The van der Waals surface area contributed by atoms with E-state index in [0.717, 1.165) is 0 Å². The van der Waals surface area contributed by atoms with Crippen molar-refractivity contribution in [3.8, 4) is 11.5 Å². The van der Waals surface area contributed by atoms with Gasteiger partial charge in [0.2, 0.25) is 0 Å². The summed E-state index contributed by atoms with van der Waals surface area (Å²) < 4.78 is 5.14. The Labute approximate surface area is 121 Å². The zero-order valence-corrected chi connectivity index (χ0v) is 11.9. The number of rotatable bonds is 5. The molecule has 0 spiro atoms. The number of non-ortho nitro benzene ring substituents is 1. The maximum absolute atomic E-state index is 10.6. The molecule has 1 atom stereocenters. The first-order chi connectivity index (χ1) is 9.10. The predicted molar refractivity (Wildman–Crippen MR) is 75.9 cm³/mol. The van der Waals surface area contributed by atoms with E-state index < -0.39 is 4.92 Å². The molecule has 0 amide bonds. The van der Waals surface area contributed by atoms with Crippen LogP contribution in [0.2, 0.25) is 0 Å². The van der Waals surface area contributed by atoms with Crippen LogP contribution in [0.4, 0.5) is 5.69 Å². The summed E-state index contributed by atoms with van der Waals surface area (Å²) in [7, 11) is 1.86. The average Bonchev–Trinajstić information content (AvgIpc) is 2.87. The highest BCUT2D eigenvalue weighted by atomic mass is 35.5. The van der Waals surface area contributed by atoms with Gasteiger partial charge in [0, 0.05) is 30.2 Å². The second-order valence-electron chi connectivity index (χ2n) is 4.21. The van der Waals surface area contributed by atoms with Gasteiger partial charge in [-0.05, 0) is 26.1 Å². The molecule has 0 aliphatic carbocycles. The predicted octanol–water partition coefficient (Wildman–Crippen LogP) is 2.22. The summed E-state index contributed by atoms with van der Waals surface area (Å²) in [6.07, 6.45) is 0.660. The maximum Gasteiger partial charge on any atom is 0.269 e. The van der Waals surface area contributed by atoms with Crippen molar-refractivity contribution in [1.29, 1.82) is 0 Å². The highest BCUT2D eigenvalue weighted by molar-refractivity contribution is 5.85. The number of aromatic nitrogens is 2. The average molecular weight is 299 g/mol. The van der Waals surface area contributed by atoms with Crippen LogP contribution < -0.4 is 5.32 Å². The van der Waals surface area contributed by atoms with Crippen molar-refractivity contribution in [2.24, 2.45) is 0 Å². The molecule has 20 heavy (non-hydrogen) atoms. The summed E-state index contributed by atoms with van der Waals surface area (Å²) in [5.74, 6) is 0.975. The van der Waals surface area contributed by atoms with E-state index >= 15 is 0 Å². The molecular weight excluding hydrogens is 284 g/mol. The smallest absolute Gasteiger partial charge is 0.269 e. The Balaban J connectivity index is 0.00000200. The summed E-state index contributed by atoms with van der Waals surface area (Å²) in [5.41, 5.74) is 0.703.